The van der Waals surface area contributed by atoms with E-state index in [1.165, 1.54) is 56.9 Å². The monoisotopic (exact) mass is 440 g/mol. The fraction of sp³-hybridized carbons (Fsp3) is 0.786. The van der Waals surface area contributed by atoms with E-state index in [4.69, 9.17) is 9.15 Å². The van der Waals surface area contributed by atoms with Gasteiger partial charge in [-0.05, 0) is 109 Å². The molecule has 0 aliphatic heterocycles. The van der Waals surface area contributed by atoms with Gasteiger partial charge in [0.05, 0.1) is 6.26 Å². The van der Waals surface area contributed by atoms with Gasteiger partial charge in [0.1, 0.15) is 6.10 Å². The van der Waals surface area contributed by atoms with Crippen LogP contribution in [0.15, 0.2) is 27.6 Å². The zero-order valence-electron chi connectivity index (χ0n) is 20.3. The second-order valence-electron chi connectivity index (χ2n) is 12.2. The van der Waals surface area contributed by atoms with Gasteiger partial charge in [-0.3, -0.25) is 4.79 Å². The minimum atomic E-state index is -0.253. The van der Waals surface area contributed by atoms with E-state index < -0.39 is 0 Å². The van der Waals surface area contributed by atoms with Crippen molar-refractivity contribution in [2.75, 3.05) is 0 Å². The largest absolute Gasteiger partial charge is 0.463 e. The molecule has 8 unspecified atom stereocenters. The standard InChI is InChI=1S/C28H40O4/c1-18(29)32-21-11-14-26(2)20(16-21)8-9-24-23(26)12-15-28(4)22(6-5-13-27(24,28)3)19-7-10-25(30)31-17-19/h7,10,17,20-24H,5-6,8-9,11-16H2,1-4H3. The van der Waals surface area contributed by atoms with E-state index in [0.29, 0.717) is 22.7 Å². The van der Waals surface area contributed by atoms with Crippen LogP contribution in [0.1, 0.15) is 103 Å². The molecule has 4 heteroatoms. The number of esters is 1. The lowest BCUT2D eigenvalue weighted by Crippen LogP contribution is -2.60. The van der Waals surface area contributed by atoms with Gasteiger partial charge in [-0.15, -0.1) is 0 Å². The van der Waals surface area contributed by atoms with E-state index in [1.807, 2.05) is 6.07 Å². The summed E-state index contributed by atoms with van der Waals surface area (Å²) in [4.78, 5) is 23.1. The number of ether oxygens (including phenoxy) is 1. The number of fused-ring (bicyclic) bond motifs is 5. The van der Waals surface area contributed by atoms with Crippen LogP contribution in [0.3, 0.4) is 0 Å². The summed E-state index contributed by atoms with van der Waals surface area (Å²) in [7, 11) is 0. The van der Waals surface area contributed by atoms with E-state index in [9.17, 15) is 9.59 Å². The topological polar surface area (TPSA) is 56.5 Å². The molecule has 4 fully saturated rings. The Labute approximate surface area is 192 Å². The maximum atomic E-state index is 11.6. The van der Waals surface area contributed by atoms with Gasteiger partial charge in [-0.1, -0.05) is 27.2 Å². The summed E-state index contributed by atoms with van der Waals surface area (Å²) in [6.45, 7) is 9.26. The molecule has 1 aromatic heterocycles. The molecule has 0 spiro atoms. The molecular weight excluding hydrogens is 400 g/mol. The van der Waals surface area contributed by atoms with Crippen LogP contribution in [0.2, 0.25) is 0 Å². The molecule has 176 valence electrons. The second kappa shape index (κ2) is 7.74. The number of carbonyl (C=O) groups excluding carboxylic acids is 1. The number of hydrogen-bond donors (Lipinski definition) is 0. The Morgan fingerprint density at radius 3 is 2.50 bits per heavy atom. The fourth-order valence-electron chi connectivity index (χ4n) is 9.29. The molecule has 1 aromatic rings. The van der Waals surface area contributed by atoms with Crippen LogP contribution in [-0.2, 0) is 9.53 Å². The van der Waals surface area contributed by atoms with Crippen LogP contribution in [0.25, 0.3) is 0 Å². The van der Waals surface area contributed by atoms with Crippen molar-refractivity contribution in [2.24, 2.45) is 34.0 Å². The van der Waals surface area contributed by atoms with Gasteiger partial charge in [0.25, 0.3) is 0 Å². The quantitative estimate of drug-likeness (QED) is 0.494. The molecule has 32 heavy (non-hydrogen) atoms. The Kier molecular flexibility index (Phi) is 5.37. The second-order valence-corrected chi connectivity index (χ2v) is 12.2. The normalized spacial score (nSPS) is 45.8. The third-order valence-corrected chi connectivity index (χ3v) is 11.2. The van der Waals surface area contributed by atoms with Gasteiger partial charge in [0, 0.05) is 13.0 Å². The first kappa shape index (κ1) is 22.2. The summed E-state index contributed by atoms with van der Waals surface area (Å²) in [6, 6.07) is 3.62. The minimum absolute atomic E-state index is 0.123. The lowest BCUT2D eigenvalue weighted by molar-refractivity contribution is -0.189. The Balaban J connectivity index is 1.43. The highest BCUT2D eigenvalue weighted by atomic mass is 16.5. The van der Waals surface area contributed by atoms with Crippen LogP contribution in [0.4, 0.5) is 0 Å². The van der Waals surface area contributed by atoms with Crippen LogP contribution < -0.4 is 5.63 Å². The molecule has 0 aromatic carbocycles. The van der Waals surface area contributed by atoms with Gasteiger partial charge in [0.15, 0.2) is 0 Å². The van der Waals surface area contributed by atoms with Crippen molar-refractivity contribution in [3.8, 4) is 0 Å². The SMILES string of the molecule is CC(=O)OC1CCC2(C)C(CCC3C2CCC2(C)C(c4ccc(=O)oc4)CCCC32C)C1. The van der Waals surface area contributed by atoms with E-state index in [1.54, 1.807) is 19.3 Å². The van der Waals surface area contributed by atoms with Crippen molar-refractivity contribution in [3.05, 3.63) is 34.4 Å². The van der Waals surface area contributed by atoms with Gasteiger partial charge in [0.2, 0.25) is 0 Å². The Hall–Kier alpha value is -1.58. The first-order chi connectivity index (χ1) is 15.2. The zero-order valence-corrected chi connectivity index (χ0v) is 20.3. The number of carbonyl (C=O) groups is 1. The molecule has 4 nitrogen and oxygen atoms in total. The van der Waals surface area contributed by atoms with Gasteiger partial charge < -0.3 is 9.15 Å². The van der Waals surface area contributed by atoms with E-state index in [2.05, 4.69) is 20.8 Å². The van der Waals surface area contributed by atoms with Crippen molar-refractivity contribution < 1.29 is 13.9 Å². The van der Waals surface area contributed by atoms with E-state index >= 15 is 0 Å². The third-order valence-electron chi connectivity index (χ3n) is 11.2. The zero-order chi connectivity index (χ0) is 22.7. The molecule has 4 aliphatic rings. The van der Waals surface area contributed by atoms with Crippen LogP contribution in [0, 0.1) is 34.0 Å². The summed E-state index contributed by atoms with van der Waals surface area (Å²) in [5, 5.41) is 0. The molecule has 0 saturated heterocycles. The fourth-order valence-corrected chi connectivity index (χ4v) is 9.29. The molecule has 1 heterocycles. The average molecular weight is 441 g/mol. The van der Waals surface area contributed by atoms with Crippen molar-refractivity contribution in [3.63, 3.8) is 0 Å². The molecule has 0 N–H and O–H groups in total. The highest BCUT2D eigenvalue weighted by molar-refractivity contribution is 5.66. The van der Waals surface area contributed by atoms with Crippen LogP contribution >= 0.6 is 0 Å². The lowest BCUT2D eigenvalue weighted by atomic mass is 9.36. The maximum Gasteiger partial charge on any atom is 0.335 e. The smallest absolute Gasteiger partial charge is 0.335 e. The Morgan fingerprint density at radius 1 is 0.969 bits per heavy atom. The highest BCUT2D eigenvalue weighted by Gasteiger charge is 2.64. The van der Waals surface area contributed by atoms with Gasteiger partial charge in [-0.2, -0.15) is 0 Å². The van der Waals surface area contributed by atoms with Crippen LogP contribution in [-0.4, -0.2) is 12.1 Å². The molecule has 0 radical (unpaired) electrons. The van der Waals surface area contributed by atoms with Gasteiger partial charge >= 0.3 is 11.6 Å². The Bertz CT molecular complexity index is 915. The summed E-state index contributed by atoms with van der Waals surface area (Å²) in [5.74, 6) is 2.55. The van der Waals surface area contributed by atoms with Crippen molar-refractivity contribution in [1.29, 1.82) is 0 Å². The van der Waals surface area contributed by atoms with Crippen molar-refractivity contribution in [2.45, 2.75) is 104 Å². The molecular formula is C28H40O4. The first-order valence-electron chi connectivity index (χ1n) is 12.9. The minimum Gasteiger partial charge on any atom is -0.463 e. The third kappa shape index (κ3) is 3.22. The number of rotatable bonds is 2. The summed E-state index contributed by atoms with van der Waals surface area (Å²) in [5.41, 5.74) is 1.89. The molecule has 4 saturated carbocycles. The first-order valence-corrected chi connectivity index (χ1v) is 12.9. The summed E-state index contributed by atoms with van der Waals surface area (Å²) >= 11 is 0. The molecule has 0 amide bonds. The van der Waals surface area contributed by atoms with Gasteiger partial charge in [-0.25, -0.2) is 4.79 Å². The van der Waals surface area contributed by atoms with E-state index in [-0.39, 0.29) is 23.1 Å². The maximum absolute atomic E-state index is 11.6. The van der Waals surface area contributed by atoms with Crippen LogP contribution in [0.5, 0.6) is 0 Å². The molecule has 5 rings (SSSR count). The Morgan fingerprint density at radius 2 is 1.78 bits per heavy atom. The summed E-state index contributed by atoms with van der Waals surface area (Å²) in [6.07, 6.45) is 14.0. The van der Waals surface area contributed by atoms with Crippen molar-refractivity contribution >= 4 is 5.97 Å². The van der Waals surface area contributed by atoms with Crippen molar-refractivity contribution in [1.82, 2.24) is 0 Å². The summed E-state index contributed by atoms with van der Waals surface area (Å²) < 4.78 is 11.0. The number of hydrogen-bond acceptors (Lipinski definition) is 4. The van der Waals surface area contributed by atoms with E-state index in [0.717, 1.165) is 24.7 Å². The molecule has 8 atom stereocenters. The predicted octanol–water partition coefficient (Wildman–Crippen LogP) is 6.48. The lowest BCUT2D eigenvalue weighted by Gasteiger charge is -2.68. The highest BCUT2D eigenvalue weighted by Crippen LogP contribution is 2.72. The molecule has 0 bridgehead atoms. The average Bonchev–Trinajstić information content (AvgIpc) is 2.74. The predicted molar refractivity (Wildman–Crippen MR) is 124 cm³/mol. The molecule has 4 aliphatic carbocycles.